The zero-order valence-electron chi connectivity index (χ0n) is 17.7. The predicted octanol–water partition coefficient (Wildman–Crippen LogP) is 5.67. The monoisotopic (exact) mass is 488 g/mol. The quantitative estimate of drug-likeness (QED) is 0.348. The molecule has 170 valence electrons. The number of rotatable bonds is 7. The van der Waals surface area contributed by atoms with E-state index in [-0.39, 0.29) is 21.4 Å². The van der Waals surface area contributed by atoms with E-state index in [0.717, 1.165) is 11.1 Å². The molecule has 0 saturated carbocycles. The number of carboxylic acid groups (broad SMARTS) is 1. The summed E-state index contributed by atoms with van der Waals surface area (Å²) in [6.07, 6.45) is 1.37. The Bertz CT molecular complexity index is 1370. The Hall–Kier alpha value is -3.36. The number of anilines is 1. The van der Waals surface area contributed by atoms with E-state index in [1.807, 2.05) is 17.6 Å². The van der Waals surface area contributed by atoms with Gasteiger partial charge in [0.05, 0.1) is 33.9 Å². The molecule has 2 aromatic heterocycles. The number of aromatic nitrogens is 3. The van der Waals surface area contributed by atoms with Crippen molar-refractivity contribution in [2.24, 2.45) is 0 Å². The van der Waals surface area contributed by atoms with Crippen LogP contribution in [0, 0.1) is 12.7 Å². The summed E-state index contributed by atoms with van der Waals surface area (Å²) in [6.45, 7) is 2.86. The van der Waals surface area contributed by atoms with Gasteiger partial charge in [0.2, 0.25) is 0 Å². The van der Waals surface area contributed by atoms with Crippen molar-refractivity contribution in [3.05, 3.63) is 69.8 Å². The molecule has 0 amide bonds. The summed E-state index contributed by atoms with van der Waals surface area (Å²) in [5.74, 6) is -0.340. The van der Waals surface area contributed by atoms with Crippen molar-refractivity contribution in [1.82, 2.24) is 14.5 Å². The summed E-state index contributed by atoms with van der Waals surface area (Å²) in [6, 6.07) is 9.52. The Morgan fingerprint density at radius 2 is 1.97 bits per heavy atom. The van der Waals surface area contributed by atoms with Crippen molar-refractivity contribution >= 4 is 45.9 Å². The first-order chi connectivity index (χ1) is 15.8. The molecule has 0 atom stereocenters. The van der Waals surface area contributed by atoms with Crippen molar-refractivity contribution in [1.29, 1.82) is 0 Å². The fourth-order valence-electron chi connectivity index (χ4n) is 3.72. The summed E-state index contributed by atoms with van der Waals surface area (Å²) in [5.41, 5.74) is 2.26. The number of hydrogen-bond donors (Lipinski definition) is 2. The highest BCUT2D eigenvalue weighted by atomic mass is 35.5. The standard InChI is InChI=1S/C23H19Cl2FN4O3/c1-12-9-15-18(33-2)6-5-16(26)22(15)30(12)8-7-27-19-10-17(28-11-29-19)13-3-4-14(23(31)32)21(25)20(13)24/h3-6,9-11H,7-8H2,1-2H3,(H,31,32)(H,27,28,29). The van der Waals surface area contributed by atoms with Crippen LogP contribution in [0.25, 0.3) is 22.2 Å². The van der Waals surface area contributed by atoms with Gasteiger partial charge in [0.1, 0.15) is 23.7 Å². The topological polar surface area (TPSA) is 89.3 Å². The molecule has 0 saturated heterocycles. The first-order valence-electron chi connectivity index (χ1n) is 9.91. The van der Waals surface area contributed by atoms with Gasteiger partial charge in [-0.2, -0.15) is 0 Å². The molecule has 0 radical (unpaired) electrons. The van der Waals surface area contributed by atoms with Crippen LogP contribution < -0.4 is 10.1 Å². The van der Waals surface area contributed by atoms with E-state index in [0.29, 0.717) is 41.4 Å². The molecule has 2 heterocycles. The van der Waals surface area contributed by atoms with Gasteiger partial charge in [-0.1, -0.05) is 29.3 Å². The maximum Gasteiger partial charge on any atom is 0.337 e. The Kier molecular flexibility index (Phi) is 6.40. The van der Waals surface area contributed by atoms with Crippen molar-refractivity contribution in [3.63, 3.8) is 0 Å². The molecule has 0 fully saturated rings. The second-order valence-electron chi connectivity index (χ2n) is 7.26. The predicted molar refractivity (Wildman–Crippen MR) is 126 cm³/mol. The van der Waals surface area contributed by atoms with Gasteiger partial charge in [-0.3, -0.25) is 0 Å². The maximum atomic E-state index is 14.5. The number of nitrogens with zero attached hydrogens (tertiary/aromatic N) is 3. The van der Waals surface area contributed by atoms with E-state index < -0.39 is 5.97 Å². The molecule has 4 aromatic rings. The van der Waals surface area contributed by atoms with Gasteiger partial charge in [0, 0.05) is 35.8 Å². The van der Waals surface area contributed by atoms with Gasteiger partial charge in [-0.25, -0.2) is 19.2 Å². The molecule has 0 bridgehead atoms. The van der Waals surface area contributed by atoms with Crippen molar-refractivity contribution < 1.29 is 19.0 Å². The number of carbonyl (C=O) groups is 1. The van der Waals surface area contributed by atoms with Crippen molar-refractivity contribution in [3.8, 4) is 17.0 Å². The molecule has 0 aliphatic carbocycles. The fraction of sp³-hybridized carbons (Fsp3) is 0.174. The maximum absolute atomic E-state index is 14.5. The van der Waals surface area contributed by atoms with E-state index in [2.05, 4.69) is 15.3 Å². The van der Waals surface area contributed by atoms with Crippen LogP contribution in [-0.2, 0) is 6.54 Å². The highest BCUT2D eigenvalue weighted by Crippen LogP contribution is 2.35. The Morgan fingerprint density at radius 1 is 1.18 bits per heavy atom. The van der Waals surface area contributed by atoms with Crippen LogP contribution in [0.1, 0.15) is 16.1 Å². The number of methoxy groups -OCH3 is 1. The highest BCUT2D eigenvalue weighted by molar-refractivity contribution is 6.45. The number of nitrogens with one attached hydrogen (secondary N) is 1. The molecular formula is C23H19Cl2FN4O3. The largest absolute Gasteiger partial charge is 0.496 e. The number of carboxylic acids is 1. The molecule has 0 aliphatic rings. The van der Waals surface area contributed by atoms with Crippen LogP contribution in [0.5, 0.6) is 5.75 Å². The highest BCUT2D eigenvalue weighted by Gasteiger charge is 2.17. The van der Waals surface area contributed by atoms with Gasteiger partial charge in [-0.15, -0.1) is 0 Å². The Labute approximate surface area is 198 Å². The SMILES string of the molecule is COc1ccc(F)c2c1cc(C)n2CCNc1cc(-c2ccc(C(=O)O)c(Cl)c2Cl)ncn1. The lowest BCUT2D eigenvalue weighted by molar-refractivity contribution is 0.0697. The number of halogens is 3. The summed E-state index contributed by atoms with van der Waals surface area (Å²) in [7, 11) is 1.56. The van der Waals surface area contributed by atoms with E-state index in [9.17, 15) is 14.3 Å². The minimum Gasteiger partial charge on any atom is -0.496 e. The zero-order valence-corrected chi connectivity index (χ0v) is 19.2. The third-order valence-corrected chi connectivity index (χ3v) is 6.18. The Morgan fingerprint density at radius 3 is 2.70 bits per heavy atom. The third kappa shape index (κ3) is 4.31. The molecule has 2 N–H and O–H groups in total. The van der Waals surface area contributed by atoms with Crippen LogP contribution in [0.3, 0.4) is 0 Å². The van der Waals surface area contributed by atoms with Crippen LogP contribution in [0.2, 0.25) is 10.0 Å². The van der Waals surface area contributed by atoms with Crippen LogP contribution in [-0.4, -0.2) is 39.3 Å². The molecule has 7 nitrogen and oxygen atoms in total. The van der Waals surface area contributed by atoms with E-state index in [1.54, 1.807) is 25.3 Å². The number of aryl methyl sites for hydroxylation is 1. The zero-order chi connectivity index (χ0) is 23.7. The minimum absolute atomic E-state index is 0.0535. The third-order valence-electron chi connectivity index (χ3n) is 5.29. The molecular weight excluding hydrogens is 470 g/mol. The van der Waals surface area contributed by atoms with E-state index >= 15 is 0 Å². The molecule has 0 aliphatic heterocycles. The number of aromatic carboxylic acids is 1. The molecule has 2 aromatic carbocycles. The number of hydrogen-bond acceptors (Lipinski definition) is 5. The number of benzene rings is 2. The summed E-state index contributed by atoms with van der Waals surface area (Å²) in [5, 5.41) is 13.2. The van der Waals surface area contributed by atoms with Crippen LogP contribution in [0.15, 0.2) is 42.7 Å². The van der Waals surface area contributed by atoms with E-state index in [1.165, 1.54) is 18.5 Å². The van der Waals surface area contributed by atoms with Gasteiger partial charge in [-0.05, 0) is 31.2 Å². The molecule has 0 spiro atoms. The van der Waals surface area contributed by atoms with Crippen LogP contribution in [0.4, 0.5) is 10.2 Å². The van der Waals surface area contributed by atoms with Crippen molar-refractivity contribution in [2.45, 2.75) is 13.5 Å². The normalized spacial score (nSPS) is 11.1. The lowest BCUT2D eigenvalue weighted by Gasteiger charge is -2.12. The summed E-state index contributed by atoms with van der Waals surface area (Å²) < 4.78 is 21.8. The lowest BCUT2D eigenvalue weighted by Crippen LogP contribution is -2.13. The van der Waals surface area contributed by atoms with Gasteiger partial charge < -0.3 is 19.7 Å². The Balaban J connectivity index is 1.55. The van der Waals surface area contributed by atoms with Gasteiger partial charge >= 0.3 is 5.97 Å². The average Bonchev–Trinajstić information content (AvgIpc) is 3.13. The fourth-order valence-corrected chi connectivity index (χ4v) is 4.22. The lowest BCUT2D eigenvalue weighted by atomic mass is 10.1. The van der Waals surface area contributed by atoms with E-state index in [4.69, 9.17) is 27.9 Å². The molecule has 4 rings (SSSR count). The minimum atomic E-state index is -1.17. The second kappa shape index (κ2) is 9.25. The second-order valence-corrected chi connectivity index (χ2v) is 8.01. The first kappa shape index (κ1) is 22.8. The molecule has 0 unspecified atom stereocenters. The summed E-state index contributed by atoms with van der Waals surface area (Å²) in [4.78, 5) is 19.7. The summed E-state index contributed by atoms with van der Waals surface area (Å²) >= 11 is 12.4. The number of ether oxygens (including phenoxy) is 1. The average molecular weight is 489 g/mol. The molecule has 33 heavy (non-hydrogen) atoms. The smallest absolute Gasteiger partial charge is 0.337 e. The first-order valence-corrected chi connectivity index (χ1v) is 10.7. The van der Waals surface area contributed by atoms with Crippen LogP contribution >= 0.6 is 23.2 Å². The van der Waals surface area contributed by atoms with Gasteiger partial charge in [0.25, 0.3) is 0 Å². The van der Waals surface area contributed by atoms with Gasteiger partial charge in [0.15, 0.2) is 0 Å². The van der Waals surface area contributed by atoms with Crippen molar-refractivity contribution in [2.75, 3.05) is 19.0 Å². The molecule has 10 heteroatoms. The number of fused-ring (bicyclic) bond motifs is 1.